The van der Waals surface area contributed by atoms with Crippen LogP contribution in [0.5, 0.6) is 0 Å². The first kappa shape index (κ1) is 15.2. The van der Waals surface area contributed by atoms with Crippen LogP contribution in [0.1, 0.15) is 30.3 Å². The number of alkyl halides is 1. The Labute approximate surface area is 133 Å². The number of halogens is 1. The molecular weight excluding hydrogens is 305 g/mol. The van der Waals surface area contributed by atoms with Gasteiger partial charge < -0.3 is 0 Å². The van der Waals surface area contributed by atoms with E-state index in [-0.39, 0.29) is 0 Å². The van der Waals surface area contributed by atoms with Crippen molar-refractivity contribution < 1.29 is 4.39 Å². The molecule has 0 radical (unpaired) electrons. The van der Waals surface area contributed by atoms with Crippen molar-refractivity contribution in [3.8, 4) is 0 Å². The molecule has 0 unspecified atom stereocenters. The Kier molecular flexibility index (Phi) is 4.76. The van der Waals surface area contributed by atoms with Gasteiger partial charge in [0, 0.05) is 29.9 Å². The van der Waals surface area contributed by atoms with Crippen LogP contribution in [-0.2, 0) is 13.0 Å². The Hall–Kier alpha value is -0.720. The van der Waals surface area contributed by atoms with Crippen LogP contribution in [0.4, 0.5) is 4.39 Å². The highest BCUT2D eigenvalue weighted by Gasteiger charge is 2.19. The van der Waals surface area contributed by atoms with Crippen molar-refractivity contribution in [3.05, 3.63) is 16.6 Å². The summed E-state index contributed by atoms with van der Waals surface area (Å²) in [5, 5.41) is 2.04. The lowest BCUT2D eigenvalue weighted by Gasteiger charge is -2.27. The molecule has 3 nitrogen and oxygen atoms in total. The fraction of sp³-hybridized carbons (Fsp3) is 0.600. The molecule has 6 heteroatoms. The van der Waals surface area contributed by atoms with Crippen molar-refractivity contribution in [3.63, 3.8) is 0 Å². The lowest BCUT2D eigenvalue weighted by atomic mass is 10.1. The second-order valence-corrected chi connectivity index (χ2v) is 7.28. The van der Waals surface area contributed by atoms with E-state index in [0.29, 0.717) is 12.8 Å². The van der Waals surface area contributed by atoms with Gasteiger partial charge >= 0.3 is 0 Å². The summed E-state index contributed by atoms with van der Waals surface area (Å²) in [5.74, 6) is 0. The van der Waals surface area contributed by atoms with Gasteiger partial charge in [0.25, 0.3) is 0 Å². The summed E-state index contributed by atoms with van der Waals surface area (Å²) >= 11 is 3.34. The van der Waals surface area contributed by atoms with Crippen molar-refractivity contribution in [2.75, 3.05) is 19.3 Å². The van der Waals surface area contributed by atoms with Gasteiger partial charge in [0.15, 0.2) is 5.16 Å². The van der Waals surface area contributed by atoms with Crippen LogP contribution in [0.3, 0.4) is 0 Å². The fourth-order valence-corrected chi connectivity index (χ4v) is 4.26. The molecule has 1 saturated heterocycles. The van der Waals surface area contributed by atoms with Gasteiger partial charge in [0.1, 0.15) is 11.0 Å². The van der Waals surface area contributed by atoms with Crippen molar-refractivity contribution >= 4 is 33.3 Å². The Balaban J connectivity index is 1.83. The fourth-order valence-electron chi connectivity index (χ4n) is 2.73. The zero-order chi connectivity index (χ0) is 14.8. The lowest BCUT2D eigenvalue weighted by molar-refractivity contribution is 0.146. The summed E-state index contributed by atoms with van der Waals surface area (Å²) in [6.45, 7) is 4.76. The monoisotopic (exact) mass is 325 g/mol. The van der Waals surface area contributed by atoms with Gasteiger partial charge in [-0.1, -0.05) is 18.7 Å². The normalized spacial score (nSPS) is 17.7. The number of piperidine rings is 1. The number of thioether (sulfide) groups is 1. The van der Waals surface area contributed by atoms with Crippen LogP contribution < -0.4 is 0 Å². The minimum Gasteiger partial charge on any atom is -0.298 e. The Morgan fingerprint density at radius 3 is 2.81 bits per heavy atom. The Morgan fingerprint density at radius 2 is 2.14 bits per heavy atom. The molecule has 0 spiro atoms. The molecule has 3 heterocycles. The average Bonchev–Trinajstić information content (AvgIpc) is 2.90. The van der Waals surface area contributed by atoms with Crippen LogP contribution in [0.2, 0.25) is 0 Å². The molecule has 3 rings (SSSR count). The van der Waals surface area contributed by atoms with E-state index in [1.807, 2.05) is 6.26 Å². The maximum absolute atomic E-state index is 13.2. The number of aromatic nitrogens is 2. The number of hydrogen-bond acceptors (Lipinski definition) is 5. The first-order valence-corrected chi connectivity index (χ1v) is 9.43. The lowest BCUT2D eigenvalue weighted by Crippen LogP contribution is -2.33. The Bertz CT molecular complexity index is 621. The smallest absolute Gasteiger partial charge is 0.188 e. The predicted octanol–water partition coefficient (Wildman–Crippen LogP) is 3.91. The zero-order valence-corrected chi connectivity index (χ0v) is 14.1. The molecule has 2 aromatic rings. The van der Waals surface area contributed by atoms with Gasteiger partial charge in [0.2, 0.25) is 0 Å². The first-order chi connectivity index (χ1) is 10.2. The molecule has 114 valence electrons. The van der Waals surface area contributed by atoms with Gasteiger partial charge in [-0.15, -0.1) is 11.3 Å². The average molecular weight is 325 g/mol. The summed E-state index contributed by atoms with van der Waals surface area (Å²) in [7, 11) is 0. The van der Waals surface area contributed by atoms with Crippen molar-refractivity contribution in [2.45, 2.75) is 44.1 Å². The molecule has 0 amide bonds. The zero-order valence-electron chi connectivity index (χ0n) is 12.4. The van der Waals surface area contributed by atoms with Crippen LogP contribution in [-0.4, -0.2) is 40.4 Å². The largest absolute Gasteiger partial charge is 0.298 e. The highest BCUT2D eigenvalue weighted by atomic mass is 32.2. The number of likely N-dealkylation sites (tertiary alicyclic amines) is 1. The van der Waals surface area contributed by atoms with E-state index in [9.17, 15) is 4.39 Å². The molecule has 1 aliphatic rings. The summed E-state index contributed by atoms with van der Waals surface area (Å²) in [4.78, 5) is 14.0. The molecule has 2 aromatic heterocycles. The van der Waals surface area contributed by atoms with Gasteiger partial charge in [-0.3, -0.25) is 4.90 Å². The van der Waals surface area contributed by atoms with Gasteiger partial charge in [-0.05, 0) is 31.6 Å². The molecule has 21 heavy (non-hydrogen) atoms. The van der Waals surface area contributed by atoms with E-state index in [1.54, 1.807) is 23.1 Å². The topological polar surface area (TPSA) is 29.0 Å². The number of aryl methyl sites for hydroxylation is 1. The van der Waals surface area contributed by atoms with E-state index in [4.69, 9.17) is 0 Å². The third kappa shape index (κ3) is 3.38. The maximum Gasteiger partial charge on any atom is 0.188 e. The van der Waals surface area contributed by atoms with Crippen LogP contribution in [0.15, 0.2) is 11.2 Å². The van der Waals surface area contributed by atoms with Crippen molar-refractivity contribution in [1.29, 1.82) is 0 Å². The van der Waals surface area contributed by atoms with Gasteiger partial charge in [-0.25, -0.2) is 14.4 Å². The van der Waals surface area contributed by atoms with E-state index in [1.165, 1.54) is 10.3 Å². The SMILES string of the molecule is CCc1nc(SC)nc2sc(CN3CCC(F)CC3)cc12. The molecule has 0 N–H and O–H groups in total. The van der Waals surface area contributed by atoms with Crippen LogP contribution in [0, 0.1) is 0 Å². The van der Waals surface area contributed by atoms with E-state index in [2.05, 4.69) is 27.9 Å². The van der Waals surface area contributed by atoms with Crippen molar-refractivity contribution in [2.24, 2.45) is 0 Å². The molecule has 0 aromatic carbocycles. The minimum absolute atomic E-state index is 0.606. The van der Waals surface area contributed by atoms with Crippen LogP contribution >= 0.6 is 23.1 Å². The molecule has 0 saturated carbocycles. The van der Waals surface area contributed by atoms with E-state index < -0.39 is 6.17 Å². The summed E-state index contributed by atoms with van der Waals surface area (Å²) in [6.07, 6.45) is 3.67. The maximum atomic E-state index is 13.2. The third-order valence-corrected chi connectivity index (χ3v) is 5.48. The number of fused-ring (bicyclic) bond motifs is 1. The standard InChI is InChI=1S/C15H20FN3S2/c1-3-13-12-8-11(9-19-6-4-10(16)5-7-19)21-14(12)18-15(17-13)20-2/h8,10H,3-7,9H2,1-2H3. The number of thiophene rings is 1. The highest BCUT2D eigenvalue weighted by Crippen LogP contribution is 2.29. The molecule has 0 aliphatic carbocycles. The summed E-state index contributed by atoms with van der Waals surface area (Å²) in [5.41, 5.74) is 1.13. The number of hydrogen-bond donors (Lipinski definition) is 0. The molecule has 1 fully saturated rings. The molecule has 0 atom stereocenters. The van der Waals surface area contributed by atoms with E-state index in [0.717, 1.165) is 41.7 Å². The Morgan fingerprint density at radius 1 is 1.38 bits per heavy atom. The minimum atomic E-state index is -0.606. The molecule has 1 aliphatic heterocycles. The van der Waals surface area contributed by atoms with Crippen molar-refractivity contribution in [1.82, 2.24) is 14.9 Å². The molecular formula is C15H20FN3S2. The van der Waals surface area contributed by atoms with E-state index >= 15 is 0 Å². The third-order valence-electron chi connectivity index (χ3n) is 3.92. The summed E-state index contributed by atoms with van der Waals surface area (Å²) < 4.78 is 13.2. The summed E-state index contributed by atoms with van der Waals surface area (Å²) in [6, 6.07) is 2.23. The van der Waals surface area contributed by atoms with Gasteiger partial charge in [0.05, 0.1) is 5.69 Å². The second-order valence-electron chi connectivity index (χ2n) is 5.39. The first-order valence-electron chi connectivity index (χ1n) is 7.39. The number of nitrogens with zero attached hydrogens (tertiary/aromatic N) is 3. The second kappa shape index (κ2) is 6.58. The predicted molar refractivity (Wildman–Crippen MR) is 88.0 cm³/mol. The van der Waals surface area contributed by atoms with Crippen LogP contribution in [0.25, 0.3) is 10.2 Å². The highest BCUT2D eigenvalue weighted by molar-refractivity contribution is 7.98. The number of rotatable bonds is 4. The molecule has 0 bridgehead atoms. The van der Waals surface area contributed by atoms with Gasteiger partial charge in [-0.2, -0.15) is 0 Å². The quantitative estimate of drug-likeness (QED) is 0.629.